The molecule has 0 radical (unpaired) electrons. The molecule has 1 atom stereocenters. The fourth-order valence-corrected chi connectivity index (χ4v) is 3.20. The molecule has 2 aromatic rings. The van der Waals surface area contributed by atoms with Crippen LogP contribution in [0.15, 0.2) is 42.5 Å². The number of hydrogen-bond acceptors (Lipinski definition) is 3. The standard InChI is InChI=1S/C20H22ClFN2O2/c1-14-13-16(7-8-17(14)21)26-15(2)20(25)24-11-9-23(10-12-24)19-6-4-3-5-18(19)22/h3-8,13,15H,9-12H2,1-2H3. The number of carbonyl (C=O) groups is 1. The largest absolute Gasteiger partial charge is 0.481 e. The summed E-state index contributed by atoms with van der Waals surface area (Å²) in [6.07, 6.45) is -0.587. The van der Waals surface area contributed by atoms with E-state index in [0.717, 1.165) is 5.56 Å². The highest BCUT2D eigenvalue weighted by Gasteiger charge is 2.27. The zero-order valence-electron chi connectivity index (χ0n) is 14.9. The highest BCUT2D eigenvalue weighted by Crippen LogP contribution is 2.23. The summed E-state index contributed by atoms with van der Waals surface area (Å²) in [7, 11) is 0. The first-order chi connectivity index (χ1) is 12.5. The van der Waals surface area contributed by atoms with Crippen LogP contribution in [-0.4, -0.2) is 43.1 Å². The summed E-state index contributed by atoms with van der Waals surface area (Å²) in [6, 6.07) is 12.1. The third kappa shape index (κ3) is 4.10. The molecular formula is C20H22ClFN2O2. The number of aryl methyl sites for hydroxylation is 1. The molecule has 1 aliphatic heterocycles. The van der Waals surface area contributed by atoms with Gasteiger partial charge in [0.2, 0.25) is 0 Å². The van der Waals surface area contributed by atoms with Gasteiger partial charge in [0.1, 0.15) is 11.6 Å². The maximum Gasteiger partial charge on any atom is 0.263 e. The Kier molecular flexibility index (Phi) is 5.67. The van der Waals surface area contributed by atoms with Crippen molar-refractivity contribution in [1.82, 2.24) is 4.90 Å². The first-order valence-corrected chi connectivity index (χ1v) is 9.04. The SMILES string of the molecule is Cc1cc(OC(C)C(=O)N2CCN(c3ccccc3F)CC2)ccc1Cl. The van der Waals surface area contributed by atoms with Crippen LogP contribution >= 0.6 is 11.6 Å². The average molecular weight is 377 g/mol. The van der Waals surface area contributed by atoms with Gasteiger partial charge < -0.3 is 14.5 Å². The Morgan fingerprint density at radius 3 is 2.50 bits per heavy atom. The quantitative estimate of drug-likeness (QED) is 0.811. The van der Waals surface area contributed by atoms with Gasteiger partial charge in [-0.1, -0.05) is 23.7 Å². The van der Waals surface area contributed by atoms with E-state index in [1.807, 2.05) is 24.0 Å². The number of carbonyl (C=O) groups excluding carboxylic acids is 1. The van der Waals surface area contributed by atoms with Crippen LogP contribution in [-0.2, 0) is 4.79 Å². The molecular weight excluding hydrogens is 355 g/mol. The summed E-state index contributed by atoms with van der Waals surface area (Å²) in [5.41, 5.74) is 1.49. The van der Waals surface area contributed by atoms with Crippen molar-refractivity contribution in [2.24, 2.45) is 0 Å². The van der Waals surface area contributed by atoms with Gasteiger partial charge in [0.05, 0.1) is 5.69 Å². The van der Waals surface area contributed by atoms with Crippen molar-refractivity contribution in [3.8, 4) is 5.75 Å². The van der Waals surface area contributed by atoms with Crippen LogP contribution in [0.25, 0.3) is 0 Å². The number of halogens is 2. The minimum absolute atomic E-state index is 0.0641. The highest BCUT2D eigenvalue weighted by atomic mass is 35.5. The molecule has 1 fully saturated rings. The zero-order chi connectivity index (χ0) is 18.7. The third-order valence-electron chi connectivity index (χ3n) is 4.57. The minimum atomic E-state index is -0.587. The number of benzene rings is 2. The summed E-state index contributed by atoms with van der Waals surface area (Å²) in [5, 5.41) is 0.667. The minimum Gasteiger partial charge on any atom is -0.481 e. The molecule has 1 unspecified atom stereocenters. The van der Waals surface area contributed by atoms with Crippen molar-refractivity contribution in [2.45, 2.75) is 20.0 Å². The molecule has 1 saturated heterocycles. The Morgan fingerprint density at radius 2 is 1.85 bits per heavy atom. The van der Waals surface area contributed by atoms with E-state index >= 15 is 0 Å². The van der Waals surface area contributed by atoms with E-state index in [-0.39, 0.29) is 11.7 Å². The molecule has 1 heterocycles. The van der Waals surface area contributed by atoms with Gasteiger partial charge in [0.25, 0.3) is 5.91 Å². The van der Waals surface area contributed by atoms with Crippen LogP contribution in [0.1, 0.15) is 12.5 Å². The molecule has 0 aromatic heterocycles. The zero-order valence-corrected chi connectivity index (χ0v) is 15.7. The molecule has 0 N–H and O–H groups in total. The van der Waals surface area contributed by atoms with E-state index in [1.165, 1.54) is 6.07 Å². The smallest absolute Gasteiger partial charge is 0.263 e. The summed E-state index contributed by atoms with van der Waals surface area (Å²) in [5.74, 6) is 0.325. The van der Waals surface area contributed by atoms with Gasteiger partial charge in [-0.05, 0) is 49.7 Å². The molecule has 2 aromatic carbocycles. The van der Waals surface area contributed by atoms with Gasteiger partial charge in [0, 0.05) is 31.2 Å². The van der Waals surface area contributed by atoms with Crippen LogP contribution in [0.2, 0.25) is 5.02 Å². The van der Waals surface area contributed by atoms with Crippen molar-refractivity contribution in [3.05, 3.63) is 58.9 Å². The lowest BCUT2D eigenvalue weighted by Gasteiger charge is -2.37. The van der Waals surface area contributed by atoms with Crippen molar-refractivity contribution in [2.75, 3.05) is 31.1 Å². The van der Waals surface area contributed by atoms with Gasteiger partial charge in [-0.25, -0.2) is 4.39 Å². The molecule has 0 aliphatic carbocycles. The molecule has 1 amide bonds. The van der Waals surface area contributed by atoms with Gasteiger partial charge in [-0.2, -0.15) is 0 Å². The van der Waals surface area contributed by atoms with E-state index in [4.69, 9.17) is 16.3 Å². The van der Waals surface area contributed by atoms with Crippen LogP contribution in [0.4, 0.5) is 10.1 Å². The molecule has 138 valence electrons. The second kappa shape index (κ2) is 7.96. The number of para-hydroxylation sites is 1. The van der Waals surface area contributed by atoms with E-state index in [0.29, 0.717) is 42.6 Å². The number of nitrogens with zero attached hydrogens (tertiary/aromatic N) is 2. The number of anilines is 1. The first-order valence-electron chi connectivity index (χ1n) is 8.67. The fourth-order valence-electron chi connectivity index (χ4n) is 3.08. The molecule has 0 bridgehead atoms. The van der Waals surface area contributed by atoms with Crippen molar-refractivity contribution >= 4 is 23.2 Å². The molecule has 6 heteroatoms. The van der Waals surface area contributed by atoms with E-state index in [9.17, 15) is 9.18 Å². The van der Waals surface area contributed by atoms with Crippen LogP contribution in [0.3, 0.4) is 0 Å². The van der Waals surface area contributed by atoms with E-state index < -0.39 is 6.10 Å². The molecule has 3 rings (SSSR count). The van der Waals surface area contributed by atoms with E-state index in [1.54, 1.807) is 36.1 Å². The Labute approximate surface area is 158 Å². The Hall–Kier alpha value is -2.27. The maximum atomic E-state index is 13.9. The molecule has 26 heavy (non-hydrogen) atoms. The van der Waals surface area contributed by atoms with Crippen LogP contribution in [0, 0.1) is 12.7 Å². The number of ether oxygens (including phenoxy) is 1. The predicted molar refractivity (Wildman–Crippen MR) is 101 cm³/mol. The number of piperazine rings is 1. The normalized spacial score (nSPS) is 15.7. The number of rotatable bonds is 4. The summed E-state index contributed by atoms with van der Waals surface area (Å²) < 4.78 is 19.7. The van der Waals surface area contributed by atoms with Crippen molar-refractivity contribution < 1.29 is 13.9 Å². The summed E-state index contributed by atoms with van der Waals surface area (Å²) in [6.45, 7) is 5.92. The average Bonchev–Trinajstić information content (AvgIpc) is 2.65. The van der Waals surface area contributed by atoms with Crippen molar-refractivity contribution in [1.29, 1.82) is 0 Å². The predicted octanol–water partition coefficient (Wildman–Crippen LogP) is 3.90. The molecule has 0 spiro atoms. The fraction of sp³-hybridized carbons (Fsp3) is 0.350. The lowest BCUT2D eigenvalue weighted by molar-refractivity contribution is -0.138. The second-order valence-corrected chi connectivity index (χ2v) is 6.84. The van der Waals surface area contributed by atoms with Crippen molar-refractivity contribution in [3.63, 3.8) is 0 Å². The highest BCUT2D eigenvalue weighted by molar-refractivity contribution is 6.31. The maximum absolute atomic E-state index is 13.9. The summed E-state index contributed by atoms with van der Waals surface area (Å²) >= 11 is 6.01. The number of amides is 1. The first kappa shape index (κ1) is 18.5. The molecule has 0 saturated carbocycles. The summed E-state index contributed by atoms with van der Waals surface area (Å²) in [4.78, 5) is 16.4. The Bertz CT molecular complexity index is 791. The lowest BCUT2D eigenvalue weighted by Crippen LogP contribution is -2.52. The van der Waals surface area contributed by atoms with Gasteiger partial charge in [-0.15, -0.1) is 0 Å². The van der Waals surface area contributed by atoms with Gasteiger partial charge >= 0.3 is 0 Å². The monoisotopic (exact) mass is 376 g/mol. The topological polar surface area (TPSA) is 32.8 Å². The van der Waals surface area contributed by atoms with Gasteiger partial charge in [0.15, 0.2) is 6.10 Å². The number of hydrogen-bond donors (Lipinski definition) is 0. The second-order valence-electron chi connectivity index (χ2n) is 6.43. The van der Waals surface area contributed by atoms with Gasteiger partial charge in [-0.3, -0.25) is 4.79 Å². The van der Waals surface area contributed by atoms with E-state index in [2.05, 4.69) is 0 Å². The molecule has 4 nitrogen and oxygen atoms in total. The third-order valence-corrected chi connectivity index (χ3v) is 5.00. The lowest BCUT2D eigenvalue weighted by atomic mass is 10.2. The Morgan fingerprint density at radius 1 is 1.15 bits per heavy atom. The van der Waals surface area contributed by atoms with Crippen LogP contribution < -0.4 is 9.64 Å². The Balaban J connectivity index is 1.57. The van der Waals surface area contributed by atoms with Crippen LogP contribution in [0.5, 0.6) is 5.75 Å². The molecule has 1 aliphatic rings.